The lowest BCUT2D eigenvalue weighted by atomic mass is 10.0. The summed E-state index contributed by atoms with van der Waals surface area (Å²) in [5.41, 5.74) is 0.367. The summed E-state index contributed by atoms with van der Waals surface area (Å²) in [4.78, 5) is 0. The van der Waals surface area contributed by atoms with Crippen LogP contribution < -0.4 is 0 Å². The van der Waals surface area contributed by atoms with Crippen LogP contribution >= 0.6 is 11.6 Å². The number of halogens is 3. The number of rotatable bonds is 2. The lowest BCUT2D eigenvalue weighted by molar-refractivity contribution is 0.214. The molecule has 4 heteroatoms. The smallest absolute Gasteiger partial charge is 0.142 e. The van der Waals surface area contributed by atoms with Gasteiger partial charge < -0.3 is 5.11 Å². The van der Waals surface area contributed by atoms with E-state index in [1.54, 1.807) is 6.07 Å². The van der Waals surface area contributed by atoms with Crippen molar-refractivity contribution in [1.82, 2.24) is 0 Å². The average Bonchev–Trinajstić information content (AvgIpc) is 2.32. The van der Waals surface area contributed by atoms with Gasteiger partial charge in [0, 0.05) is 5.56 Å². The largest absolute Gasteiger partial charge is 0.384 e. The third-order valence-corrected chi connectivity index (χ3v) is 2.77. The van der Waals surface area contributed by atoms with Crippen LogP contribution in [0.25, 0.3) is 0 Å². The van der Waals surface area contributed by atoms with Gasteiger partial charge in [-0.3, -0.25) is 0 Å². The minimum absolute atomic E-state index is 0.0329. The van der Waals surface area contributed by atoms with Gasteiger partial charge in [0.25, 0.3) is 0 Å². The van der Waals surface area contributed by atoms with Gasteiger partial charge >= 0.3 is 0 Å². The molecule has 0 heterocycles. The van der Waals surface area contributed by atoms with E-state index < -0.39 is 17.7 Å². The highest BCUT2D eigenvalue weighted by molar-refractivity contribution is 6.30. The predicted molar refractivity (Wildman–Crippen MR) is 61.9 cm³/mol. The molecular formula is C13H9ClF2O. The quantitative estimate of drug-likeness (QED) is 0.866. The second-order valence-electron chi connectivity index (χ2n) is 3.60. The van der Waals surface area contributed by atoms with Gasteiger partial charge in [0.1, 0.15) is 17.7 Å². The lowest BCUT2D eigenvalue weighted by Crippen LogP contribution is -2.02. The summed E-state index contributed by atoms with van der Waals surface area (Å²) < 4.78 is 26.6. The topological polar surface area (TPSA) is 20.2 Å². The molecule has 88 valence electrons. The van der Waals surface area contributed by atoms with Gasteiger partial charge in [-0.2, -0.15) is 0 Å². The minimum atomic E-state index is -1.21. The van der Waals surface area contributed by atoms with E-state index in [1.165, 1.54) is 30.3 Å². The van der Waals surface area contributed by atoms with Crippen LogP contribution in [0.2, 0.25) is 5.02 Å². The molecule has 0 spiro atoms. The Labute approximate surface area is 102 Å². The summed E-state index contributed by atoms with van der Waals surface area (Å²) >= 11 is 5.53. The van der Waals surface area contributed by atoms with Crippen LogP contribution in [0.1, 0.15) is 17.2 Å². The van der Waals surface area contributed by atoms with Crippen molar-refractivity contribution >= 4 is 11.6 Å². The first-order valence-corrected chi connectivity index (χ1v) is 5.35. The first kappa shape index (κ1) is 12.0. The predicted octanol–water partition coefficient (Wildman–Crippen LogP) is 3.70. The summed E-state index contributed by atoms with van der Waals surface area (Å²) in [6.07, 6.45) is -1.21. The monoisotopic (exact) mass is 254 g/mol. The molecule has 1 nitrogen and oxygen atoms in total. The second kappa shape index (κ2) is 4.82. The maximum atomic E-state index is 13.4. The Hall–Kier alpha value is -1.45. The van der Waals surface area contributed by atoms with E-state index in [-0.39, 0.29) is 16.1 Å². The first-order valence-electron chi connectivity index (χ1n) is 4.97. The van der Waals surface area contributed by atoms with Gasteiger partial charge in [-0.1, -0.05) is 35.9 Å². The number of hydrogen-bond donors (Lipinski definition) is 1. The SMILES string of the molecule is OC(c1ccc(Cl)c(F)c1)c1ccccc1F. The molecule has 1 atom stereocenters. The maximum Gasteiger partial charge on any atom is 0.142 e. The highest BCUT2D eigenvalue weighted by Gasteiger charge is 2.15. The summed E-state index contributed by atoms with van der Waals surface area (Å²) in [5, 5.41) is 9.91. The molecule has 2 aromatic carbocycles. The van der Waals surface area contributed by atoms with E-state index >= 15 is 0 Å². The van der Waals surface area contributed by atoms with Crippen molar-refractivity contribution in [2.75, 3.05) is 0 Å². The summed E-state index contributed by atoms with van der Waals surface area (Å²) in [5.74, 6) is -1.17. The molecule has 0 radical (unpaired) electrons. The van der Waals surface area contributed by atoms with E-state index in [2.05, 4.69) is 0 Å². The maximum absolute atomic E-state index is 13.4. The number of aliphatic hydroxyl groups is 1. The van der Waals surface area contributed by atoms with Crippen molar-refractivity contribution in [2.24, 2.45) is 0 Å². The van der Waals surface area contributed by atoms with Crippen LogP contribution in [0.5, 0.6) is 0 Å². The van der Waals surface area contributed by atoms with Gasteiger partial charge in [0.2, 0.25) is 0 Å². The molecule has 2 aromatic rings. The Morgan fingerprint density at radius 3 is 2.35 bits per heavy atom. The Morgan fingerprint density at radius 1 is 1.00 bits per heavy atom. The average molecular weight is 255 g/mol. The fourth-order valence-corrected chi connectivity index (χ4v) is 1.68. The van der Waals surface area contributed by atoms with Crippen molar-refractivity contribution in [3.63, 3.8) is 0 Å². The highest BCUT2D eigenvalue weighted by atomic mass is 35.5. The molecule has 0 saturated carbocycles. The van der Waals surface area contributed by atoms with Gasteiger partial charge in [0.15, 0.2) is 0 Å². The summed E-state index contributed by atoms with van der Waals surface area (Å²) in [6, 6.07) is 9.71. The zero-order valence-corrected chi connectivity index (χ0v) is 9.46. The number of benzene rings is 2. The first-order chi connectivity index (χ1) is 8.09. The highest BCUT2D eigenvalue weighted by Crippen LogP contribution is 2.26. The van der Waals surface area contributed by atoms with Gasteiger partial charge in [-0.05, 0) is 23.8 Å². The van der Waals surface area contributed by atoms with E-state index in [1.807, 2.05) is 0 Å². The van der Waals surface area contributed by atoms with Crippen LogP contribution in [0.3, 0.4) is 0 Å². The van der Waals surface area contributed by atoms with Crippen molar-refractivity contribution < 1.29 is 13.9 Å². The lowest BCUT2D eigenvalue weighted by Gasteiger charge is -2.12. The van der Waals surface area contributed by atoms with Crippen LogP contribution in [0.4, 0.5) is 8.78 Å². The third-order valence-electron chi connectivity index (χ3n) is 2.46. The van der Waals surface area contributed by atoms with Crippen molar-refractivity contribution in [3.8, 4) is 0 Å². The molecule has 0 amide bonds. The van der Waals surface area contributed by atoms with E-state index in [9.17, 15) is 13.9 Å². The van der Waals surface area contributed by atoms with Crippen LogP contribution in [0.15, 0.2) is 42.5 Å². The Bertz CT molecular complexity index is 543. The molecule has 0 aliphatic carbocycles. The Kier molecular flexibility index (Phi) is 3.41. The summed E-state index contributed by atoms with van der Waals surface area (Å²) in [7, 11) is 0. The molecule has 1 N–H and O–H groups in total. The molecule has 1 unspecified atom stereocenters. The second-order valence-corrected chi connectivity index (χ2v) is 4.00. The zero-order valence-electron chi connectivity index (χ0n) is 8.70. The van der Waals surface area contributed by atoms with Gasteiger partial charge in [0.05, 0.1) is 5.02 Å². The van der Waals surface area contributed by atoms with Crippen LogP contribution in [0, 0.1) is 11.6 Å². The van der Waals surface area contributed by atoms with E-state index in [0.29, 0.717) is 0 Å². The summed E-state index contributed by atoms with van der Waals surface area (Å²) in [6.45, 7) is 0. The van der Waals surface area contributed by atoms with Gasteiger partial charge in [-0.25, -0.2) is 8.78 Å². The van der Waals surface area contributed by atoms with Crippen LogP contribution in [-0.4, -0.2) is 5.11 Å². The molecule has 0 saturated heterocycles. The molecular weight excluding hydrogens is 246 g/mol. The van der Waals surface area contributed by atoms with E-state index in [4.69, 9.17) is 11.6 Å². The van der Waals surface area contributed by atoms with Crippen LogP contribution in [-0.2, 0) is 0 Å². The minimum Gasteiger partial charge on any atom is -0.384 e. The van der Waals surface area contributed by atoms with Crippen molar-refractivity contribution in [3.05, 3.63) is 70.2 Å². The molecule has 17 heavy (non-hydrogen) atoms. The molecule has 0 aliphatic heterocycles. The van der Waals surface area contributed by atoms with Crippen molar-refractivity contribution in [1.29, 1.82) is 0 Å². The molecule has 0 fully saturated rings. The van der Waals surface area contributed by atoms with Crippen molar-refractivity contribution in [2.45, 2.75) is 6.10 Å². The molecule has 0 aliphatic rings. The Morgan fingerprint density at radius 2 is 1.71 bits per heavy atom. The molecule has 2 rings (SSSR count). The number of aliphatic hydroxyl groups excluding tert-OH is 1. The third kappa shape index (κ3) is 2.46. The number of hydrogen-bond acceptors (Lipinski definition) is 1. The normalized spacial score (nSPS) is 12.5. The van der Waals surface area contributed by atoms with E-state index in [0.717, 1.165) is 6.07 Å². The Balaban J connectivity index is 2.40. The fourth-order valence-electron chi connectivity index (χ4n) is 1.56. The van der Waals surface area contributed by atoms with Gasteiger partial charge in [-0.15, -0.1) is 0 Å². The standard InChI is InChI=1S/C13H9ClF2O/c14-10-6-5-8(7-12(10)16)13(17)9-3-1-2-4-11(9)15/h1-7,13,17H. The fraction of sp³-hybridized carbons (Fsp3) is 0.0769. The molecule has 0 bridgehead atoms. The molecule has 0 aromatic heterocycles. The zero-order chi connectivity index (χ0) is 12.4.